The molecular weight excluding hydrogens is 183 g/mol. The predicted molar refractivity (Wildman–Crippen MR) is 51.3 cm³/mol. The van der Waals surface area contributed by atoms with Crippen molar-refractivity contribution in [1.82, 2.24) is 0 Å². The van der Waals surface area contributed by atoms with E-state index < -0.39 is 6.10 Å². The smallest absolute Gasteiger partial charge is 0.129 e. The van der Waals surface area contributed by atoms with Crippen molar-refractivity contribution in [3.05, 3.63) is 35.6 Å². The Morgan fingerprint density at radius 2 is 2.00 bits per heavy atom. The number of halogens is 1. The van der Waals surface area contributed by atoms with Gasteiger partial charge >= 0.3 is 0 Å². The minimum atomic E-state index is -0.681. The fraction of sp³-hybridized carbons (Fsp3) is 0.364. The first kappa shape index (κ1) is 10.9. The Labute approximate surface area is 82.4 Å². The van der Waals surface area contributed by atoms with Crippen LogP contribution in [0.3, 0.4) is 0 Å². The van der Waals surface area contributed by atoms with Crippen molar-refractivity contribution in [1.29, 1.82) is 0 Å². The molecule has 0 aromatic heterocycles. The van der Waals surface area contributed by atoms with Gasteiger partial charge in [0.25, 0.3) is 0 Å². The van der Waals surface area contributed by atoms with E-state index in [2.05, 4.69) is 0 Å². The number of carbonyl (C=O) groups is 1. The quantitative estimate of drug-likeness (QED) is 0.801. The van der Waals surface area contributed by atoms with Crippen LogP contribution in [0, 0.1) is 5.82 Å². The van der Waals surface area contributed by atoms with Crippen LogP contribution in [0.5, 0.6) is 0 Å². The number of hydrogen-bond acceptors (Lipinski definition) is 2. The van der Waals surface area contributed by atoms with E-state index in [0.717, 1.165) is 0 Å². The number of hydrogen-bond donors (Lipinski definition) is 1. The van der Waals surface area contributed by atoms with Crippen LogP contribution in [0.1, 0.15) is 31.4 Å². The Morgan fingerprint density at radius 1 is 1.43 bits per heavy atom. The summed E-state index contributed by atoms with van der Waals surface area (Å²) in [6.07, 6.45) is 0.0546. The third-order valence-electron chi connectivity index (χ3n) is 2.02. The molecule has 0 fully saturated rings. The van der Waals surface area contributed by atoms with Gasteiger partial charge < -0.3 is 9.90 Å². The van der Waals surface area contributed by atoms with Crippen LogP contribution in [-0.2, 0) is 4.79 Å². The molecular formula is C11H13FO2. The van der Waals surface area contributed by atoms with Gasteiger partial charge in [0.2, 0.25) is 0 Å². The molecule has 0 saturated carbocycles. The van der Waals surface area contributed by atoms with Crippen molar-refractivity contribution in [3.8, 4) is 0 Å². The SMILES string of the molecule is CC(=O)CC[C@@H](O)c1ccc(F)cc1. The summed E-state index contributed by atoms with van der Waals surface area (Å²) >= 11 is 0. The summed E-state index contributed by atoms with van der Waals surface area (Å²) in [6, 6.07) is 5.65. The van der Waals surface area contributed by atoms with Gasteiger partial charge in [0.1, 0.15) is 11.6 Å². The van der Waals surface area contributed by atoms with Crippen molar-refractivity contribution in [2.45, 2.75) is 25.9 Å². The Hall–Kier alpha value is -1.22. The second kappa shape index (κ2) is 4.86. The lowest BCUT2D eigenvalue weighted by atomic mass is 10.0. The van der Waals surface area contributed by atoms with E-state index in [1.807, 2.05) is 0 Å². The minimum absolute atomic E-state index is 0.0474. The van der Waals surface area contributed by atoms with E-state index in [9.17, 15) is 14.3 Å². The van der Waals surface area contributed by atoms with E-state index in [1.165, 1.54) is 31.2 Å². The van der Waals surface area contributed by atoms with E-state index in [0.29, 0.717) is 18.4 Å². The second-order valence-corrected chi connectivity index (χ2v) is 3.31. The van der Waals surface area contributed by atoms with Gasteiger partial charge in [-0.1, -0.05) is 12.1 Å². The summed E-state index contributed by atoms with van der Waals surface area (Å²) < 4.78 is 12.5. The Balaban J connectivity index is 2.56. The molecule has 0 unspecified atom stereocenters. The fourth-order valence-corrected chi connectivity index (χ4v) is 1.19. The topological polar surface area (TPSA) is 37.3 Å². The summed E-state index contributed by atoms with van der Waals surface area (Å²) in [5.74, 6) is -0.279. The Bertz CT molecular complexity index is 306. The highest BCUT2D eigenvalue weighted by molar-refractivity contribution is 5.75. The van der Waals surface area contributed by atoms with Gasteiger partial charge in [-0.05, 0) is 31.0 Å². The summed E-state index contributed by atoms with van der Waals surface area (Å²) in [4.78, 5) is 10.7. The normalized spacial score (nSPS) is 12.5. The summed E-state index contributed by atoms with van der Waals surface area (Å²) in [5.41, 5.74) is 0.646. The van der Waals surface area contributed by atoms with Crippen molar-refractivity contribution >= 4 is 5.78 Å². The molecule has 1 aromatic rings. The molecule has 1 aromatic carbocycles. The maximum absolute atomic E-state index is 12.5. The van der Waals surface area contributed by atoms with Crippen molar-refractivity contribution in [2.24, 2.45) is 0 Å². The predicted octanol–water partition coefficient (Wildman–Crippen LogP) is 2.23. The molecule has 1 rings (SSSR count). The van der Waals surface area contributed by atoms with Crippen molar-refractivity contribution in [2.75, 3.05) is 0 Å². The van der Waals surface area contributed by atoms with Gasteiger partial charge in [-0.25, -0.2) is 4.39 Å². The largest absolute Gasteiger partial charge is 0.388 e. The van der Waals surface area contributed by atoms with Gasteiger partial charge in [-0.15, -0.1) is 0 Å². The van der Waals surface area contributed by atoms with E-state index in [-0.39, 0.29) is 11.6 Å². The average molecular weight is 196 g/mol. The number of aliphatic hydroxyl groups excluding tert-OH is 1. The molecule has 0 aliphatic heterocycles. The highest BCUT2D eigenvalue weighted by Crippen LogP contribution is 2.18. The van der Waals surface area contributed by atoms with Crippen LogP contribution in [-0.4, -0.2) is 10.9 Å². The lowest BCUT2D eigenvalue weighted by Crippen LogP contribution is -2.00. The Morgan fingerprint density at radius 3 is 2.50 bits per heavy atom. The molecule has 0 bridgehead atoms. The number of carbonyl (C=O) groups excluding carboxylic acids is 1. The minimum Gasteiger partial charge on any atom is -0.388 e. The zero-order chi connectivity index (χ0) is 10.6. The number of Topliss-reactive ketones (excluding diaryl/α,β-unsaturated/α-hetero) is 1. The zero-order valence-corrected chi connectivity index (χ0v) is 8.03. The number of aliphatic hydroxyl groups is 1. The van der Waals surface area contributed by atoms with Crippen LogP contribution in [0.25, 0.3) is 0 Å². The molecule has 76 valence electrons. The van der Waals surface area contributed by atoms with Crippen LogP contribution in [0.4, 0.5) is 4.39 Å². The lowest BCUT2D eigenvalue weighted by Gasteiger charge is -2.09. The van der Waals surface area contributed by atoms with Crippen LogP contribution < -0.4 is 0 Å². The average Bonchev–Trinajstić information content (AvgIpc) is 2.15. The van der Waals surface area contributed by atoms with Gasteiger partial charge in [0, 0.05) is 6.42 Å². The Kier molecular flexibility index (Phi) is 3.77. The molecule has 1 N–H and O–H groups in total. The number of benzene rings is 1. The first-order chi connectivity index (χ1) is 6.59. The third-order valence-corrected chi connectivity index (χ3v) is 2.02. The molecule has 14 heavy (non-hydrogen) atoms. The summed E-state index contributed by atoms with van der Waals surface area (Å²) in [5, 5.41) is 9.59. The van der Waals surface area contributed by atoms with E-state index in [1.54, 1.807) is 0 Å². The molecule has 0 spiro atoms. The molecule has 0 amide bonds. The highest BCUT2D eigenvalue weighted by Gasteiger charge is 2.08. The first-order valence-electron chi connectivity index (χ1n) is 4.52. The molecule has 0 aliphatic carbocycles. The molecule has 2 nitrogen and oxygen atoms in total. The maximum Gasteiger partial charge on any atom is 0.129 e. The molecule has 0 radical (unpaired) electrons. The van der Waals surface area contributed by atoms with Gasteiger partial charge in [0.15, 0.2) is 0 Å². The zero-order valence-electron chi connectivity index (χ0n) is 8.03. The molecule has 0 heterocycles. The summed E-state index contributed by atoms with van der Waals surface area (Å²) in [6.45, 7) is 1.48. The van der Waals surface area contributed by atoms with Gasteiger partial charge in [-0.2, -0.15) is 0 Å². The van der Waals surface area contributed by atoms with Crippen LogP contribution >= 0.6 is 0 Å². The molecule has 0 saturated heterocycles. The van der Waals surface area contributed by atoms with Crippen molar-refractivity contribution in [3.63, 3.8) is 0 Å². The number of ketones is 1. The van der Waals surface area contributed by atoms with Gasteiger partial charge in [0.05, 0.1) is 6.10 Å². The fourth-order valence-electron chi connectivity index (χ4n) is 1.19. The molecule has 3 heteroatoms. The standard InChI is InChI=1S/C11H13FO2/c1-8(13)2-7-11(14)9-3-5-10(12)6-4-9/h3-6,11,14H,2,7H2,1H3/t11-/m1/s1. The second-order valence-electron chi connectivity index (χ2n) is 3.31. The summed E-state index contributed by atoms with van der Waals surface area (Å²) in [7, 11) is 0. The first-order valence-corrected chi connectivity index (χ1v) is 4.52. The van der Waals surface area contributed by atoms with Crippen LogP contribution in [0.15, 0.2) is 24.3 Å². The maximum atomic E-state index is 12.5. The van der Waals surface area contributed by atoms with Crippen molar-refractivity contribution < 1.29 is 14.3 Å². The third kappa shape index (κ3) is 3.26. The van der Waals surface area contributed by atoms with Gasteiger partial charge in [-0.3, -0.25) is 0 Å². The monoisotopic (exact) mass is 196 g/mol. The van der Waals surface area contributed by atoms with E-state index in [4.69, 9.17) is 0 Å². The molecule has 1 atom stereocenters. The lowest BCUT2D eigenvalue weighted by molar-refractivity contribution is -0.117. The highest BCUT2D eigenvalue weighted by atomic mass is 19.1. The van der Waals surface area contributed by atoms with Crippen LogP contribution in [0.2, 0.25) is 0 Å². The van der Waals surface area contributed by atoms with E-state index >= 15 is 0 Å². The molecule has 0 aliphatic rings. The number of rotatable bonds is 4.